The summed E-state index contributed by atoms with van der Waals surface area (Å²) in [6.45, 7) is 0. The molecule has 0 aliphatic heterocycles. The normalized spacial score (nSPS) is 11.1. The average Bonchev–Trinajstić information content (AvgIpc) is 2.84. The lowest BCUT2D eigenvalue weighted by atomic mass is 10.1. The third-order valence-corrected chi connectivity index (χ3v) is 2.68. The van der Waals surface area contributed by atoms with Crippen molar-refractivity contribution in [3.63, 3.8) is 0 Å². The molecule has 0 saturated carbocycles. The van der Waals surface area contributed by atoms with Crippen LogP contribution in [-0.4, -0.2) is 15.6 Å². The maximum Gasteiger partial charge on any atom is 0.416 e. The van der Waals surface area contributed by atoms with E-state index in [9.17, 15) is 18.0 Å². The lowest BCUT2D eigenvalue weighted by Crippen LogP contribution is -2.11. The third-order valence-electron chi connectivity index (χ3n) is 2.68. The molecule has 1 aromatic carbocycles. The number of aromatic carboxylic acids is 1. The SMILES string of the molecule is N#Cc1cccn1-c1ccc(C(F)(F)F)cc1C(=O)O. The number of carboxylic acid groups (broad SMARTS) is 1. The Labute approximate surface area is 111 Å². The molecule has 0 atom stereocenters. The summed E-state index contributed by atoms with van der Waals surface area (Å²) in [5.41, 5.74) is -1.43. The van der Waals surface area contributed by atoms with Crippen LogP contribution >= 0.6 is 0 Å². The van der Waals surface area contributed by atoms with Crippen LogP contribution in [0.2, 0.25) is 0 Å². The molecule has 0 unspecified atom stereocenters. The molecule has 0 spiro atoms. The van der Waals surface area contributed by atoms with Crippen LogP contribution in [0.3, 0.4) is 0 Å². The zero-order valence-electron chi connectivity index (χ0n) is 9.85. The van der Waals surface area contributed by atoms with E-state index in [0.717, 1.165) is 12.1 Å². The van der Waals surface area contributed by atoms with Crippen LogP contribution in [0.1, 0.15) is 21.6 Å². The van der Waals surface area contributed by atoms with E-state index in [4.69, 9.17) is 10.4 Å². The van der Waals surface area contributed by atoms with Crippen LogP contribution in [-0.2, 0) is 6.18 Å². The highest BCUT2D eigenvalue weighted by Gasteiger charge is 2.32. The fourth-order valence-electron chi connectivity index (χ4n) is 1.78. The Morgan fingerprint density at radius 3 is 2.55 bits per heavy atom. The van der Waals surface area contributed by atoms with Gasteiger partial charge in [-0.05, 0) is 30.3 Å². The lowest BCUT2D eigenvalue weighted by Gasteiger charge is -2.12. The molecule has 0 amide bonds. The Kier molecular flexibility index (Phi) is 3.24. The summed E-state index contributed by atoms with van der Waals surface area (Å²) in [6, 6.07) is 7.14. The molecule has 0 aliphatic carbocycles. The Hall–Kier alpha value is -2.75. The van der Waals surface area contributed by atoms with Gasteiger partial charge in [-0.2, -0.15) is 18.4 Å². The van der Waals surface area contributed by atoms with Crippen molar-refractivity contribution in [2.45, 2.75) is 6.18 Å². The van der Waals surface area contributed by atoms with Crippen LogP contribution < -0.4 is 0 Å². The molecule has 4 nitrogen and oxygen atoms in total. The second kappa shape index (κ2) is 4.74. The molecule has 0 fully saturated rings. The Morgan fingerprint density at radius 1 is 1.30 bits per heavy atom. The summed E-state index contributed by atoms with van der Waals surface area (Å²) >= 11 is 0. The number of hydrogen-bond acceptors (Lipinski definition) is 2. The van der Waals surface area contributed by atoms with E-state index in [1.807, 2.05) is 6.07 Å². The van der Waals surface area contributed by atoms with E-state index in [-0.39, 0.29) is 11.4 Å². The largest absolute Gasteiger partial charge is 0.478 e. The minimum absolute atomic E-state index is 0.00653. The topological polar surface area (TPSA) is 66.0 Å². The molecule has 102 valence electrons. The van der Waals surface area contributed by atoms with Crippen LogP contribution in [0.25, 0.3) is 5.69 Å². The third kappa shape index (κ3) is 2.36. The number of hydrogen-bond donors (Lipinski definition) is 1. The van der Waals surface area contributed by atoms with Gasteiger partial charge < -0.3 is 9.67 Å². The van der Waals surface area contributed by atoms with Crippen molar-refractivity contribution in [1.29, 1.82) is 5.26 Å². The highest BCUT2D eigenvalue weighted by atomic mass is 19.4. The predicted octanol–water partition coefficient (Wildman–Crippen LogP) is 3.07. The molecule has 1 heterocycles. The summed E-state index contributed by atoms with van der Waals surface area (Å²) in [6.07, 6.45) is -3.22. The number of aromatic nitrogens is 1. The van der Waals surface area contributed by atoms with Gasteiger partial charge in [0.05, 0.1) is 16.8 Å². The van der Waals surface area contributed by atoms with Gasteiger partial charge >= 0.3 is 12.1 Å². The quantitative estimate of drug-likeness (QED) is 0.919. The van der Waals surface area contributed by atoms with Crippen molar-refractivity contribution in [1.82, 2.24) is 4.57 Å². The Morgan fingerprint density at radius 2 is 2.00 bits per heavy atom. The van der Waals surface area contributed by atoms with Crippen LogP contribution in [0.4, 0.5) is 13.2 Å². The number of carboxylic acids is 1. The summed E-state index contributed by atoms with van der Waals surface area (Å²) < 4.78 is 39.0. The van der Waals surface area contributed by atoms with Crippen molar-refractivity contribution >= 4 is 5.97 Å². The highest BCUT2D eigenvalue weighted by Crippen LogP contribution is 2.31. The van der Waals surface area contributed by atoms with Gasteiger partial charge in [0.15, 0.2) is 0 Å². The fourth-order valence-corrected chi connectivity index (χ4v) is 1.78. The maximum atomic E-state index is 12.6. The zero-order valence-corrected chi connectivity index (χ0v) is 9.85. The smallest absolute Gasteiger partial charge is 0.416 e. The van der Waals surface area contributed by atoms with Crippen molar-refractivity contribution in [2.75, 3.05) is 0 Å². The second-order valence-electron chi connectivity index (χ2n) is 3.91. The first kappa shape index (κ1) is 13.7. The van der Waals surface area contributed by atoms with Gasteiger partial charge in [-0.1, -0.05) is 0 Å². The van der Waals surface area contributed by atoms with Gasteiger partial charge in [0.1, 0.15) is 11.8 Å². The van der Waals surface area contributed by atoms with E-state index in [1.165, 1.54) is 22.9 Å². The van der Waals surface area contributed by atoms with Crippen molar-refractivity contribution < 1.29 is 23.1 Å². The van der Waals surface area contributed by atoms with Gasteiger partial charge in [0, 0.05) is 6.20 Å². The van der Waals surface area contributed by atoms with E-state index in [1.54, 1.807) is 0 Å². The first-order valence-corrected chi connectivity index (χ1v) is 5.37. The standard InChI is InChI=1S/C13H7F3N2O2/c14-13(15,16)8-3-4-11(10(6-8)12(19)20)18-5-1-2-9(18)7-17/h1-6H,(H,19,20). The monoisotopic (exact) mass is 280 g/mol. The predicted molar refractivity (Wildman–Crippen MR) is 62.4 cm³/mol. The molecule has 0 radical (unpaired) electrons. The van der Waals surface area contributed by atoms with Gasteiger partial charge in [-0.3, -0.25) is 0 Å². The number of carbonyl (C=O) groups is 1. The molecule has 0 aliphatic rings. The van der Waals surface area contributed by atoms with Crippen molar-refractivity contribution in [3.8, 4) is 11.8 Å². The molecule has 0 saturated heterocycles. The molecule has 1 aromatic heterocycles. The Balaban J connectivity index is 2.67. The number of benzene rings is 1. The van der Waals surface area contributed by atoms with E-state index in [0.29, 0.717) is 6.07 Å². The Bertz CT molecular complexity index is 711. The average molecular weight is 280 g/mol. The fraction of sp³-hybridized carbons (Fsp3) is 0.0769. The first-order chi connectivity index (χ1) is 9.34. The molecule has 0 bridgehead atoms. The van der Waals surface area contributed by atoms with Crippen molar-refractivity contribution in [3.05, 3.63) is 53.3 Å². The molecule has 2 aromatic rings. The summed E-state index contributed by atoms with van der Waals surface area (Å²) in [5, 5.41) is 17.9. The minimum atomic E-state index is -4.63. The van der Waals surface area contributed by atoms with Crippen molar-refractivity contribution in [2.24, 2.45) is 0 Å². The highest BCUT2D eigenvalue weighted by molar-refractivity contribution is 5.92. The number of halogens is 3. The zero-order chi connectivity index (χ0) is 14.9. The number of nitriles is 1. The maximum absolute atomic E-state index is 12.6. The van der Waals surface area contributed by atoms with Crippen LogP contribution in [0.15, 0.2) is 36.5 Å². The summed E-state index contributed by atoms with van der Waals surface area (Å²) in [4.78, 5) is 11.1. The van der Waals surface area contributed by atoms with Gasteiger partial charge in [-0.15, -0.1) is 0 Å². The summed E-state index contributed by atoms with van der Waals surface area (Å²) in [7, 11) is 0. The molecule has 20 heavy (non-hydrogen) atoms. The van der Waals surface area contributed by atoms with Gasteiger partial charge in [0.25, 0.3) is 0 Å². The summed E-state index contributed by atoms with van der Waals surface area (Å²) in [5.74, 6) is -1.50. The second-order valence-corrected chi connectivity index (χ2v) is 3.91. The van der Waals surface area contributed by atoms with E-state index < -0.39 is 23.3 Å². The van der Waals surface area contributed by atoms with Crippen LogP contribution in [0, 0.1) is 11.3 Å². The molecular weight excluding hydrogens is 273 g/mol. The van der Waals surface area contributed by atoms with Crippen LogP contribution in [0.5, 0.6) is 0 Å². The van der Waals surface area contributed by atoms with Gasteiger partial charge in [0.2, 0.25) is 0 Å². The number of rotatable bonds is 2. The minimum Gasteiger partial charge on any atom is -0.478 e. The number of alkyl halides is 3. The van der Waals surface area contributed by atoms with E-state index in [2.05, 4.69) is 0 Å². The van der Waals surface area contributed by atoms with E-state index >= 15 is 0 Å². The number of nitrogens with zero attached hydrogens (tertiary/aromatic N) is 2. The van der Waals surface area contributed by atoms with Gasteiger partial charge in [-0.25, -0.2) is 4.79 Å². The molecular formula is C13H7F3N2O2. The lowest BCUT2D eigenvalue weighted by molar-refractivity contribution is -0.137. The molecule has 1 N–H and O–H groups in total. The molecule has 7 heteroatoms. The first-order valence-electron chi connectivity index (χ1n) is 5.37. The molecule has 2 rings (SSSR count).